The van der Waals surface area contributed by atoms with Gasteiger partial charge in [0.1, 0.15) is 0 Å². The van der Waals surface area contributed by atoms with E-state index in [1.165, 1.54) is 25.7 Å². The van der Waals surface area contributed by atoms with Crippen LogP contribution in [-0.4, -0.2) is 0 Å². The van der Waals surface area contributed by atoms with Gasteiger partial charge in [-0.3, -0.25) is 0 Å². The van der Waals surface area contributed by atoms with Gasteiger partial charge in [0.25, 0.3) is 0 Å². The number of rotatable bonds is 2. The molecule has 1 fully saturated rings. The van der Waals surface area contributed by atoms with Crippen LogP contribution in [0.25, 0.3) is 0 Å². The van der Waals surface area contributed by atoms with Gasteiger partial charge >= 0.3 is 0 Å². The first kappa shape index (κ1) is 8.10. The fourth-order valence-corrected chi connectivity index (χ4v) is 2.51. The van der Waals surface area contributed by atoms with Crippen molar-refractivity contribution in [2.24, 2.45) is 17.8 Å². The summed E-state index contributed by atoms with van der Waals surface area (Å²) in [6.07, 6.45) is 5.80. The van der Waals surface area contributed by atoms with Gasteiger partial charge in [-0.15, -0.1) is 0 Å². The lowest BCUT2D eigenvalue weighted by molar-refractivity contribution is 0.367. The van der Waals surface area contributed by atoms with Crippen molar-refractivity contribution in [2.45, 2.75) is 46.5 Å². The van der Waals surface area contributed by atoms with Crippen molar-refractivity contribution in [1.29, 1.82) is 0 Å². The number of hydrogen-bond acceptors (Lipinski definition) is 0. The average Bonchev–Trinajstić information content (AvgIpc) is 2.30. The third kappa shape index (κ3) is 1.53. The largest absolute Gasteiger partial charge is 0.0651 e. The molecule has 1 aliphatic carbocycles. The van der Waals surface area contributed by atoms with Crippen molar-refractivity contribution in [1.82, 2.24) is 0 Å². The van der Waals surface area contributed by atoms with Gasteiger partial charge in [-0.1, -0.05) is 33.6 Å². The van der Waals surface area contributed by atoms with Crippen molar-refractivity contribution < 1.29 is 0 Å². The normalized spacial score (nSPS) is 40.5. The summed E-state index contributed by atoms with van der Waals surface area (Å²) in [6, 6.07) is 0. The van der Waals surface area contributed by atoms with E-state index < -0.39 is 0 Å². The van der Waals surface area contributed by atoms with E-state index in [9.17, 15) is 0 Å². The van der Waals surface area contributed by atoms with Crippen LogP contribution in [0.2, 0.25) is 0 Å². The highest BCUT2D eigenvalue weighted by Crippen LogP contribution is 2.39. The molecule has 0 radical (unpaired) electrons. The van der Waals surface area contributed by atoms with Gasteiger partial charge in [-0.2, -0.15) is 0 Å². The zero-order valence-electron chi connectivity index (χ0n) is 7.56. The van der Waals surface area contributed by atoms with Gasteiger partial charge in [0.05, 0.1) is 0 Å². The molecule has 0 saturated heterocycles. The molecule has 3 atom stereocenters. The van der Waals surface area contributed by atoms with Gasteiger partial charge in [0, 0.05) is 0 Å². The Hall–Kier alpha value is 0. The van der Waals surface area contributed by atoms with E-state index in [2.05, 4.69) is 20.8 Å². The Morgan fingerprint density at radius 3 is 1.70 bits per heavy atom. The Kier molecular flexibility index (Phi) is 2.76. The third-order valence-electron chi connectivity index (χ3n) is 3.13. The lowest BCUT2D eigenvalue weighted by atomic mass is 9.92. The topological polar surface area (TPSA) is 0 Å². The van der Waals surface area contributed by atoms with Crippen LogP contribution in [0.15, 0.2) is 0 Å². The molecule has 0 bridgehead atoms. The second kappa shape index (κ2) is 3.41. The molecule has 1 aliphatic rings. The molecular formula is C10H20. The summed E-state index contributed by atoms with van der Waals surface area (Å²) >= 11 is 0. The monoisotopic (exact) mass is 140 g/mol. The van der Waals surface area contributed by atoms with Crippen molar-refractivity contribution in [3.8, 4) is 0 Å². The lowest BCUT2D eigenvalue weighted by Crippen LogP contribution is -2.04. The van der Waals surface area contributed by atoms with Crippen molar-refractivity contribution in [3.05, 3.63) is 0 Å². The zero-order valence-corrected chi connectivity index (χ0v) is 7.56. The predicted octanol–water partition coefficient (Wildman–Crippen LogP) is 3.47. The Balaban J connectivity index is 2.41. The standard InChI is InChI=1S/C10H20/c1-4-9-6-8(3)7-10(9)5-2/h8-10H,4-7H2,1-3H3/t8?,9-,10?/m0/s1. The minimum Gasteiger partial charge on any atom is -0.0651 e. The van der Waals surface area contributed by atoms with E-state index in [4.69, 9.17) is 0 Å². The van der Waals surface area contributed by atoms with Gasteiger partial charge < -0.3 is 0 Å². The van der Waals surface area contributed by atoms with Gasteiger partial charge in [0.15, 0.2) is 0 Å². The highest BCUT2D eigenvalue weighted by atomic mass is 14.3. The van der Waals surface area contributed by atoms with Crippen molar-refractivity contribution in [2.75, 3.05) is 0 Å². The molecule has 0 nitrogen and oxygen atoms in total. The molecule has 0 aromatic carbocycles. The van der Waals surface area contributed by atoms with E-state index in [1.807, 2.05) is 0 Å². The summed E-state index contributed by atoms with van der Waals surface area (Å²) in [4.78, 5) is 0. The molecule has 10 heavy (non-hydrogen) atoms. The maximum atomic E-state index is 2.40. The molecule has 0 heterocycles. The van der Waals surface area contributed by atoms with E-state index in [0.29, 0.717) is 0 Å². The first-order valence-electron chi connectivity index (χ1n) is 4.77. The molecule has 0 N–H and O–H groups in total. The first-order chi connectivity index (χ1) is 4.77. The van der Waals surface area contributed by atoms with E-state index >= 15 is 0 Å². The Bertz CT molecular complexity index is 84.2. The number of hydrogen-bond donors (Lipinski definition) is 0. The van der Waals surface area contributed by atoms with Crippen LogP contribution in [0.5, 0.6) is 0 Å². The third-order valence-corrected chi connectivity index (χ3v) is 3.13. The molecule has 2 unspecified atom stereocenters. The van der Waals surface area contributed by atoms with Gasteiger partial charge in [-0.05, 0) is 30.6 Å². The molecule has 60 valence electrons. The highest BCUT2D eigenvalue weighted by molar-refractivity contribution is 4.79. The molecule has 1 rings (SSSR count). The van der Waals surface area contributed by atoms with Crippen LogP contribution in [0.4, 0.5) is 0 Å². The Morgan fingerprint density at radius 1 is 1.00 bits per heavy atom. The minimum absolute atomic E-state index is 1.01. The smallest absolute Gasteiger partial charge is 0.0386 e. The van der Waals surface area contributed by atoms with Crippen LogP contribution >= 0.6 is 0 Å². The molecule has 0 spiro atoms. The molecular weight excluding hydrogens is 120 g/mol. The molecule has 0 heteroatoms. The average molecular weight is 140 g/mol. The summed E-state index contributed by atoms with van der Waals surface area (Å²) in [5, 5.41) is 0. The van der Waals surface area contributed by atoms with E-state index in [1.54, 1.807) is 0 Å². The molecule has 0 aliphatic heterocycles. The Labute approximate surface area is 65.0 Å². The first-order valence-corrected chi connectivity index (χ1v) is 4.77. The van der Waals surface area contributed by atoms with Crippen LogP contribution in [0, 0.1) is 17.8 Å². The SMILES string of the molecule is CCC1CC(C)C[C@@H]1CC. The summed E-state index contributed by atoms with van der Waals surface area (Å²) in [6.45, 7) is 7.08. The van der Waals surface area contributed by atoms with E-state index in [0.717, 1.165) is 17.8 Å². The molecule has 0 aromatic heterocycles. The second-order valence-corrected chi connectivity index (χ2v) is 3.91. The van der Waals surface area contributed by atoms with Crippen molar-refractivity contribution >= 4 is 0 Å². The quantitative estimate of drug-likeness (QED) is 0.551. The summed E-state index contributed by atoms with van der Waals surface area (Å²) < 4.78 is 0. The fraction of sp³-hybridized carbons (Fsp3) is 1.00. The van der Waals surface area contributed by atoms with E-state index in [-0.39, 0.29) is 0 Å². The lowest BCUT2D eigenvalue weighted by Gasteiger charge is -2.14. The molecule has 1 saturated carbocycles. The van der Waals surface area contributed by atoms with Crippen molar-refractivity contribution in [3.63, 3.8) is 0 Å². The molecule has 0 aromatic rings. The van der Waals surface area contributed by atoms with Crippen LogP contribution in [0.1, 0.15) is 46.5 Å². The predicted molar refractivity (Wildman–Crippen MR) is 46.0 cm³/mol. The Morgan fingerprint density at radius 2 is 1.40 bits per heavy atom. The van der Waals surface area contributed by atoms with Crippen LogP contribution < -0.4 is 0 Å². The molecule has 0 amide bonds. The summed E-state index contributed by atoms with van der Waals surface area (Å²) in [7, 11) is 0. The highest BCUT2D eigenvalue weighted by Gasteiger charge is 2.28. The summed E-state index contributed by atoms with van der Waals surface area (Å²) in [5.41, 5.74) is 0. The summed E-state index contributed by atoms with van der Waals surface area (Å²) in [5.74, 6) is 3.12. The van der Waals surface area contributed by atoms with Gasteiger partial charge in [0.2, 0.25) is 0 Å². The van der Waals surface area contributed by atoms with Gasteiger partial charge in [-0.25, -0.2) is 0 Å². The second-order valence-electron chi connectivity index (χ2n) is 3.91. The fourth-order valence-electron chi connectivity index (χ4n) is 2.51. The van der Waals surface area contributed by atoms with Crippen LogP contribution in [0.3, 0.4) is 0 Å². The van der Waals surface area contributed by atoms with Crippen LogP contribution in [-0.2, 0) is 0 Å². The maximum absolute atomic E-state index is 2.40. The minimum atomic E-state index is 1.01. The maximum Gasteiger partial charge on any atom is -0.0386 e. The zero-order chi connectivity index (χ0) is 7.56.